The van der Waals surface area contributed by atoms with Crippen LogP contribution in [0.1, 0.15) is 0 Å². The number of anilines is 1. The molecule has 1 aromatic heterocycles. The summed E-state index contributed by atoms with van der Waals surface area (Å²) in [5.74, 6) is 0.698. The van der Waals surface area contributed by atoms with Gasteiger partial charge in [-0.2, -0.15) is 4.98 Å². The van der Waals surface area contributed by atoms with Crippen molar-refractivity contribution < 1.29 is 9.15 Å². The van der Waals surface area contributed by atoms with Crippen molar-refractivity contribution >= 4 is 23.1 Å². The van der Waals surface area contributed by atoms with Crippen molar-refractivity contribution in [3.05, 3.63) is 24.3 Å². The molecule has 0 aliphatic carbocycles. The van der Waals surface area contributed by atoms with Crippen molar-refractivity contribution in [1.82, 2.24) is 20.1 Å². The quantitative estimate of drug-likeness (QED) is 0.856. The van der Waals surface area contributed by atoms with Gasteiger partial charge in [0, 0.05) is 26.2 Å². The minimum absolute atomic E-state index is 0.462. The Hall–Kier alpha value is -2.16. The summed E-state index contributed by atoms with van der Waals surface area (Å²) in [5.41, 5.74) is 1.60. The fourth-order valence-electron chi connectivity index (χ4n) is 2.83. The Bertz CT molecular complexity index is 676. The third kappa shape index (κ3) is 3.66. The molecule has 0 radical (unpaired) electrons. The number of aliphatic imine (C=N–C) groups is 1. The van der Waals surface area contributed by atoms with Crippen molar-refractivity contribution in [2.75, 3.05) is 58.0 Å². The van der Waals surface area contributed by atoms with Gasteiger partial charge in [0.1, 0.15) is 5.52 Å². The zero-order valence-corrected chi connectivity index (χ0v) is 13.6. The Balaban J connectivity index is 1.28. The van der Waals surface area contributed by atoms with Gasteiger partial charge in [0.05, 0.1) is 26.6 Å². The molecule has 0 spiro atoms. The van der Waals surface area contributed by atoms with E-state index in [4.69, 9.17) is 9.15 Å². The summed E-state index contributed by atoms with van der Waals surface area (Å²) in [4.78, 5) is 13.6. The smallest absolute Gasteiger partial charge is 0.302 e. The fourth-order valence-corrected chi connectivity index (χ4v) is 2.83. The minimum atomic E-state index is 0.462. The van der Waals surface area contributed by atoms with Crippen LogP contribution in [0, 0.1) is 0 Å². The second kappa shape index (κ2) is 7.16. The van der Waals surface area contributed by atoms with E-state index in [1.54, 1.807) is 0 Å². The van der Waals surface area contributed by atoms with Crippen LogP contribution in [0.4, 0.5) is 6.01 Å². The molecule has 0 saturated carbocycles. The van der Waals surface area contributed by atoms with Gasteiger partial charge in [0.15, 0.2) is 5.58 Å². The van der Waals surface area contributed by atoms with E-state index in [2.05, 4.69) is 30.4 Å². The van der Waals surface area contributed by atoms with Crippen LogP contribution in [-0.4, -0.2) is 73.5 Å². The topological polar surface area (TPSA) is 78.2 Å². The highest BCUT2D eigenvalue weighted by molar-refractivity contribution is 5.93. The number of aromatic nitrogens is 1. The molecule has 0 bridgehead atoms. The molecule has 0 atom stereocenters. The first-order chi connectivity index (χ1) is 11.9. The monoisotopic (exact) mass is 330 g/mol. The summed E-state index contributed by atoms with van der Waals surface area (Å²) in [6.45, 7) is 7.20. The maximum absolute atomic E-state index is 5.65. The fraction of sp³-hybridized carbons (Fsp3) is 0.500. The highest BCUT2D eigenvalue weighted by Crippen LogP contribution is 2.18. The Kier molecular flexibility index (Phi) is 4.59. The van der Waals surface area contributed by atoms with Gasteiger partial charge in [-0.1, -0.05) is 12.1 Å². The first-order valence-electron chi connectivity index (χ1n) is 8.30. The Morgan fingerprint density at radius 3 is 2.75 bits per heavy atom. The molecule has 1 aromatic carbocycles. The molecule has 2 aromatic rings. The average Bonchev–Trinajstić information content (AvgIpc) is 3.04. The molecule has 1 fully saturated rings. The first-order valence-corrected chi connectivity index (χ1v) is 8.30. The van der Waals surface area contributed by atoms with Gasteiger partial charge in [-0.15, -0.1) is 0 Å². The van der Waals surface area contributed by atoms with Crippen LogP contribution in [0.15, 0.2) is 33.7 Å². The summed E-state index contributed by atoms with van der Waals surface area (Å²) in [6, 6.07) is 8.16. The molecule has 2 aliphatic rings. The summed E-state index contributed by atoms with van der Waals surface area (Å²) >= 11 is 0. The number of oxazole rings is 1. The van der Waals surface area contributed by atoms with Gasteiger partial charge < -0.3 is 14.5 Å². The predicted molar refractivity (Wildman–Crippen MR) is 91.9 cm³/mol. The van der Waals surface area contributed by atoms with Crippen molar-refractivity contribution in [3.63, 3.8) is 0 Å². The van der Waals surface area contributed by atoms with E-state index in [1.165, 1.54) is 0 Å². The number of hydrogen-bond donors (Lipinski definition) is 2. The molecule has 8 nitrogen and oxygen atoms in total. The van der Waals surface area contributed by atoms with Crippen LogP contribution in [0.3, 0.4) is 0 Å². The summed E-state index contributed by atoms with van der Waals surface area (Å²) in [5, 5.41) is 6.38. The number of morpholine rings is 1. The van der Waals surface area contributed by atoms with Crippen LogP contribution in [0.25, 0.3) is 11.1 Å². The van der Waals surface area contributed by atoms with E-state index in [1.807, 2.05) is 24.3 Å². The van der Waals surface area contributed by atoms with E-state index in [-0.39, 0.29) is 0 Å². The molecule has 3 heterocycles. The van der Waals surface area contributed by atoms with E-state index in [0.29, 0.717) is 18.6 Å². The molecule has 128 valence electrons. The highest BCUT2D eigenvalue weighted by atomic mass is 16.5. The van der Waals surface area contributed by atoms with Gasteiger partial charge >= 0.3 is 6.01 Å². The SMILES string of the molecule is c1ccc2oc(NC3=NCN(CCN4CCOCC4)CN3)nc2c1. The van der Waals surface area contributed by atoms with Crippen molar-refractivity contribution in [2.24, 2.45) is 4.99 Å². The molecule has 4 rings (SSSR count). The van der Waals surface area contributed by atoms with Crippen molar-refractivity contribution in [1.29, 1.82) is 0 Å². The third-order valence-corrected chi connectivity index (χ3v) is 4.25. The van der Waals surface area contributed by atoms with Crippen LogP contribution in [0.2, 0.25) is 0 Å². The predicted octanol–water partition coefficient (Wildman–Crippen LogP) is 0.748. The molecule has 1 saturated heterocycles. The third-order valence-electron chi connectivity index (χ3n) is 4.25. The lowest BCUT2D eigenvalue weighted by molar-refractivity contribution is 0.0331. The number of guanidine groups is 1. The normalized spacial score (nSPS) is 19.9. The van der Waals surface area contributed by atoms with Crippen LogP contribution in [0.5, 0.6) is 0 Å². The molecular weight excluding hydrogens is 308 g/mol. The van der Waals surface area contributed by atoms with Gasteiger partial charge in [0.2, 0.25) is 5.96 Å². The van der Waals surface area contributed by atoms with Gasteiger partial charge in [-0.3, -0.25) is 15.1 Å². The molecule has 24 heavy (non-hydrogen) atoms. The number of rotatable bonds is 4. The summed E-state index contributed by atoms with van der Waals surface area (Å²) < 4.78 is 11.0. The number of nitrogens with one attached hydrogen (secondary N) is 2. The summed E-state index contributed by atoms with van der Waals surface area (Å²) in [7, 11) is 0. The molecular formula is C16H22N6O2. The Morgan fingerprint density at radius 2 is 1.96 bits per heavy atom. The number of fused-ring (bicyclic) bond motifs is 1. The van der Waals surface area contributed by atoms with E-state index in [0.717, 1.165) is 57.2 Å². The van der Waals surface area contributed by atoms with Crippen molar-refractivity contribution in [3.8, 4) is 0 Å². The largest absolute Gasteiger partial charge is 0.423 e. The standard InChI is InChI=1S/C16H22N6O2/c1-2-4-14-13(3-1)19-16(24-14)20-15-17-11-22(12-18-15)6-5-21-7-9-23-10-8-21/h1-4H,5-12H2,(H2,17,18,19,20). The maximum Gasteiger partial charge on any atom is 0.302 e. The Morgan fingerprint density at radius 1 is 1.12 bits per heavy atom. The van der Waals surface area contributed by atoms with Gasteiger partial charge in [-0.25, -0.2) is 4.99 Å². The number of nitrogens with zero attached hydrogens (tertiary/aromatic N) is 4. The minimum Gasteiger partial charge on any atom is -0.423 e. The first kappa shape index (κ1) is 15.4. The van der Waals surface area contributed by atoms with Crippen molar-refractivity contribution in [2.45, 2.75) is 0 Å². The molecule has 2 aliphatic heterocycles. The van der Waals surface area contributed by atoms with Gasteiger partial charge in [-0.05, 0) is 12.1 Å². The van der Waals surface area contributed by atoms with Crippen LogP contribution < -0.4 is 10.6 Å². The molecule has 8 heteroatoms. The number of hydrogen-bond acceptors (Lipinski definition) is 8. The van der Waals surface area contributed by atoms with E-state index >= 15 is 0 Å². The lowest BCUT2D eigenvalue weighted by atomic mass is 10.3. The highest BCUT2D eigenvalue weighted by Gasteiger charge is 2.16. The number of para-hydroxylation sites is 2. The summed E-state index contributed by atoms with van der Waals surface area (Å²) in [6.07, 6.45) is 0. The van der Waals surface area contributed by atoms with E-state index in [9.17, 15) is 0 Å². The Labute approximate surface area is 140 Å². The molecule has 2 N–H and O–H groups in total. The maximum atomic E-state index is 5.65. The van der Waals surface area contributed by atoms with Gasteiger partial charge in [0.25, 0.3) is 0 Å². The second-order valence-corrected chi connectivity index (χ2v) is 5.94. The lowest BCUT2D eigenvalue weighted by Crippen LogP contribution is -2.49. The average molecular weight is 330 g/mol. The second-order valence-electron chi connectivity index (χ2n) is 5.94. The van der Waals surface area contributed by atoms with Crippen LogP contribution in [-0.2, 0) is 4.74 Å². The zero-order valence-electron chi connectivity index (χ0n) is 13.6. The molecule has 0 amide bonds. The zero-order chi connectivity index (χ0) is 16.2. The van der Waals surface area contributed by atoms with E-state index < -0.39 is 0 Å². The number of ether oxygens (including phenoxy) is 1. The lowest BCUT2D eigenvalue weighted by Gasteiger charge is -2.31. The molecule has 0 unspecified atom stereocenters. The van der Waals surface area contributed by atoms with Crippen LogP contribution >= 0.6 is 0 Å². The number of benzene rings is 1.